The van der Waals surface area contributed by atoms with E-state index in [0.29, 0.717) is 23.1 Å². The van der Waals surface area contributed by atoms with Gasteiger partial charge in [-0.2, -0.15) is 0 Å². The summed E-state index contributed by atoms with van der Waals surface area (Å²) in [6.07, 6.45) is 6.86. The highest BCUT2D eigenvalue weighted by Crippen LogP contribution is 2.32. The van der Waals surface area contributed by atoms with Gasteiger partial charge in [-0.25, -0.2) is 4.98 Å². The van der Waals surface area contributed by atoms with Crippen molar-refractivity contribution in [3.8, 4) is 0 Å². The molecule has 7 heteroatoms. The number of nitrogens with zero attached hydrogens (tertiary/aromatic N) is 3. The number of thiazole rings is 1. The van der Waals surface area contributed by atoms with Crippen LogP contribution in [0, 0.1) is 5.92 Å². The fraction of sp³-hybridized carbons (Fsp3) is 0.412. The standard InChI is InChI=1S/C17H18N4O2S/c22-15(19-12-3-7-18-8-4-12)16-20-13-5-9-21(10-6-14(13)24-16)17(23)11-1-2-11/h3-4,7-8,11H,1-2,5-6,9-10H2,(H,18,19,22). The van der Waals surface area contributed by atoms with Crippen molar-refractivity contribution in [3.05, 3.63) is 40.1 Å². The molecule has 0 saturated heterocycles. The monoisotopic (exact) mass is 342 g/mol. The maximum atomic E-state index is 12.3. The molecule has 2 amide bonds. The molecule has 2 aliphatic rings. The smallest absolute Gasteiger partial charge is 0.284 e. The zero-order valence-corrected chi connectivity index (χ0v) is 14.0. The Kier molecular flexibility index (Phi) is 4.02. The van der Waals surface area contributed by atoms with Crippen LogP contribution in [0.25, 0.3) is 0 Å². The highest BCUT2D eigenvalue weighted by Gasteiger charge is 2.34. The van der Waals surface area contributed by atoms with Gasteiger partial charge in [-0.3, -0.25) is 14.6 Å². The number of carbonyl (C=O) groups excluding carboxylic acids is 2. The Labute approximate surface area is 143 Å². The topological polar surface area (TPSA) is 75.2 Å². The van der Waals surface area contributed by atoms with Crippen LogP contribution in [0.3, 0.4) is 0 Å². The van der Waals surface area contributed by atoms with E-state index in [4.69, 9.17) is 0 Å². The van der Waals surface area contributed by atoms with Gasteiger partial charge in [-0.15, -0.1) is 11.3 Å². The van der Waals surface area contributed by atoms with Crippen LogP contribution in [-0.2, 0) is 17.6 Å². The molecule has 1 saturated carbocycles. The number of carbonyl (C=O) groups is 2. The molecule has 3 heterocycles. The minimum Gasteiger partial charge on any atom is -0.342 e. The van der Waals surface area contributed by atoms with Crippen LogP contribution in [0.15, 0.2) is 24.5 Å². The molecule has 0 aromatic carbocycles. The minimum absolute atomic E-state index is 0.190. The van der Waals surface area contributed by atoms with E-state index in [2.05, 4.69) is 15.3 Å². The molecule has 1 aliphatic heterocycles. The molecule has 4 rings (SSSR count). The number of aromatic nitrogens is 2. The summed E-state index contributed by atoms with van der Waals surface area (Å²) in [6, 6.07) is 3.50. The number of nitrogens with one attached hydrogen (secondary N) is 1. The summed E-state index contributed by atoms with van der Waals surface area (Å²) in [6.45, 7) is 1.44. The maximum absolute atomic E-state index is 12.3. The van der Waals surface area contributed by atoms with E-state index in [9.17, 15) is 9.59 Å². The molecule has 6 nitrogen and oxygen atoms in total. The predicted molar refractivity (Wildman–Crippen MR) is 91.0 cm³/mol. The molecule has 0 unspecified atom stereocenters. The average molecular weight is 342 g/mol. The molecule has 0 spiro atoms. The summed E-state index contributed by atoms with van der Waals surface area (Å²) in [5.74, 6) is 0.363. The lowest BCUT2D eigenvalue weighted by molar-refractivity contribution is -0.132. The zero-order chi connectivity index (χ0) is 16.5. The van der Waals surface area contributed by atoms with Crippen LogP contribution in [0.4, 0.5) is 5.69 Å². The summed E-state index contributed by atoms with van der Waals surface area (Å²) in [5, 5.41) is 3.32. The van der Waals surface area contributed by atoms with E-state index in [1.165, 1.54) is 11.3 Å². The van der Waals surface area contributed by atoms with Gasteiger partial charge in [0.05, 0.1) is 5.69 Å². The lowest BCUT2D eigenvalue weighted by Crippen LogP contribution is -2.34. The second-order valence-corrected chi connectivity index (χ2v) is 7.26. The lowest BCUT2D eigenvalue weighted by atomic mass is 10.2. The summed E-state index contributed by atoms with van der Waals surface area (Å²) in [7, 11) is 0. The number of anilines is 1. The van der Waals surface area contributed by atoms with Crippen molar-refractivity contribution in [3.63, 3.8) is 0 Å². The van der Waals surface area contributed by atoms with Crippen LogP contribution in [0.5, 0.6) is 0 Å². The Morgan fingerprint density at radius 2 is 1.92 bits per heavy atom. The van der Waals surface area contributed by atoms with E-state index >= 15 is 0 Å². The highest BCUT2D eigenvalue weighted by atomic mass is 32.1. The van der Waals surface area contributed by atoms with Crippen molar-refractivity contribution < 1.29 is 9.59 Å². The van der Waals surface area contributed by atoms with Crippen molar-refractivity contribution in [2.24, 2.45) is 5.92 Å². The molecule has 2 aromatic heterocycles. The Bertz CT molecular complexity index is 745. The molecule has 0 bridgehead atoms. The van der Waals surface area contributed by atoms with Crippen LogP contribution in [0.2, 0.25) is 0 Å². The fourth-order valence-electron chi connectivity index (χ4n) is 2.89. The van der Waals surface area contributed by atoms with Crippen molar-refractivity contribution in [1.82, 2.24) is 14.9 Å². The van der Waals surface area contributed by atoms with Crippen LogP contribution in [0.1, 0.15) is 33.2 Å². The Hall–Kier alpha value is -2.28. The normalized spacial score (nSPS) is 17.1. The number of amides is 2. The van der Waals surface area contributed by atoms with E-state index in [1.807, 2.05) is 4.90 Å². The van der Waals surface area contributed by atoms with Gasteiger partial charge >= 0.3 is 0 Å². The van der Waals surface area contributed by atoms with Crippen LogP contribution >= 0.6 is 11.3 Å². The molecular weight excluding hydrogens is 324 g/mol. The van der Waals surface area contributed by atoms with Crippen molar-refractivity contribution in [1.29, 1.82) is 0 Å². The average Bonchev–Trinajstić information content (AvgIpc) is 3.39. The lowest BCUT2D eigenvalue weighted by Gasteiger charge is -2.19. The third-order valence-corrected chi connectivity index (χ3v) is 5.53. The molecule has 2 aromatic rings. The first-order chi connectivity index (χ1) is 11.7. The van der Waals surface area contributed by atoms with Crippen molar-refractivity contribution in [2.45, 2.75) is 25.7 Å². The highest BCUT2D eigenvalue weighted by molar-refractivity contribution is 7.13. The Morgan fingerprint density at radius 1 is 1.17 bits per heavy atom. The molecule has 1 aliphatic carbocycles. The summed E-state index contributed by atoms with van der Waals surface area (Å²) in [5.41, 5.74) is 1.67. The largest absolute Gasteiger partial charge is 0.342 e. The molecule has 124 valence electrons. The first-order valence-corrected chi connectivity index (χ1v) is 9.01. The Morgan fingerprint density at radius 3 is 2.67 bits per heavy atom. The maximum Gasteiger partial charge on any atom is 0.284 e. The van der Waals surface area contributed by atoms with E-state index < -0.39 is 0 Å². The number of hydrogen-bond acceptors (Lipinski definition) is 5. The van der Waals surface area contributed by atoms with E-state index in [0.717, 1.165) is 42.8 Å². The third-order valence-electron chi connectivity index (χ3n) is 4.38. The number of hydrogen-bond donors (Lipinski definition) is 1. The minimum atomic E-state index is -0.190. The molecule has 24 heavy (non-hydrogen) atoms. The van der Waals surface area contributed by atoms with Crippen molar-refractivity contribution in [2.75, 3.05) is 18.4 Å². The van der Waals surface area contributed by atoms with E-state index in [1.54, 1.807) is 24.5 Å². The zero-order valence-electron chi connectivity index (χ0n) is 13.2. The predicted octanol–water partition coefficient (Wildman–Crippen LogP) is 2.13. The summed E-state index contributed by atoms with van der Waals surface area (Å²) >= 11 is 1.44. The SMILES string of the molecule is O=C(Nc1ccncc1)c1nc2c(s1)CCN(C(=O)C1CC1)CC2. The quantitative estimate of drug-likeness (QED) is 0.927. The van der Waals surface area contributed by atoms with Gasteiger partial charge in [0.2, 0.25) is 5.91 Å². The molecule has 0 atom stereocenters. The number of fused-ring (bicyclic) bond motifs is 1. The molecular formula is C17H18N4O2S. The number of rotatable bonds is 3. The first kappa shape index (κ1) is 15.3. The first-order valence-electron chi connectivity index (χ1n) is 8.19. The van der Waals surface area contributed by atoms with Crippen LogP contribution in [-0.4, -0.2) is 39.8 Å². The molecule has 1 N–H and O–H groups in total. The number of pyridine rings is 1. The van der Waals surface area contributed by atoms with Gasteiger partial charge in [0.25, 0.3) is 5.91 Å². The summed E-state index contributed by atoms with van der Waals surface area (Å²) < 4.78 is 0. The molecule has 1 fully saturated rings. The third kappa shape index (κ3) is 3.17. The van der Waals surface area contributed by atoms with Gasteiger partial charge < -0.3 is 10.2 Å². The van der Waals surface area contributed by atoms with Gasteiger partial charge in [0.1, 0.15) is 0 Å². The van der Waals surface area contributed by atoms with Crippen LogP contribution < -0.4 is 5.32 Å². The van der Waals surface area contributed by atoms with Gasteiger partial charge in [0.15, 0.2) is 5.01 Å². The Balaban J connectivity index is 1.43. The van der Waals surface area contributed by atoms with Crippen molar-refractivity contribution >= 4 is 28.8 Å². The fourth-order valence-corrected chi connectivity index (χ4v) is 3.88. The van der Waals surface area contributed by atoms with Gasteiger partial charge in [-0.05, 0) is 25.0 Å². The summed E-state index contributed by atoms with van der Waals surface area (Å²) in [4.78, 5) is 36.1. The molecule has 0 radical (unpaired) electrons. The van der Waals surface area contributed by atoms with Gasteiger partial charge in [0, 0.05) is 54.8 Å². The van der Waals surface area contributed by atoms with Gasteiger partial charge in [-0.1, -0.05) is 0 Å². The second-order valence-electron chi connectivity index (χ2n) is 6.18. The second kappa shape index (κ2) is 6.32. The van der Waals surface area contributed by atoms with E-state index in [-0.39, 0.29) is 11.8 Å².